The second-order valence-electron chi connectivity index (χ2n) is 4.57. The van der Waals surface area contributed by atoms with E-state index in [4.69, 9.17) is 10.5 Å². The molecule has 0 unspecified atom stereocenters. The van der Waals surface area contributed by atoms with E-state index in [-0.39, 0.29) is 0 Å². The summed E-state index contributed by atoms with van der Waals surface area (Å²) in [4.78, 5) is 17.1. The van der Waals surface area contributed by atoms with Crippen LogP contribution in [-0.4, -0.2) is 29.8 Å². The van der Waals surface area contributed by atoms with E-state index in [1.807, 2.05) is 25.3 Å². The molecule has 1 amide bonds. The number of hydrogen-bond donors (Lipinski definition) is 1. The maximum atomic E-state index is 10.8. The molecule has 0 aliphatic carbocycles. The molecule has 1 fully saturated rings. The number of nitrogens with zero attached hydrogens (tertiary/aromatic N) is 2. The molecule has 2 rings (SSSR count). The van der Waals surface area contributed by atoms with Crippen molar-refractivity contribution < 1.29 is 9.53 Å². The van der Waals surface area contributed by atoms with Crippen LogP contribution in [0.15, 0.2) is 24.5 Å². The molecule has 1 aromatic heterocycles. The highest BCUT2D eigenvalue weighted by Gasteiger charge is 2.33. The Morgan fingerprint density at radius 3 is 2.76 bits per heavy atom. The highest BCUT2D eigenvalue weighted by molar-refractivity contribution is 5.65. The molecule has 1 aliphatic heterocycles. The minimum atomic E-state index is -0.692. The highest BCUT2D eigenvalue weighted by Crippen LogP contribution is 2.28. The van der Waals surface area contributed by atoms with Crippen LogP contribution >= 0.6 is 0 Å². The van der Waals surface area contributed by atoms with Crippen LogP contribution in [0.25, 0.3) is 0 Å². The lowest BCUT2D eigenvalue weighted by molar-refractivity contribution is 0.0127. The van der Waals surface area contributed by atoms with E-state index in [1.165, 1.54) is 0 Å². The SMILES string of the molecule is CC1(OC(N)=O)CCN(c2cccnc2)CC1. The summed E-state index contributed by atoms with van der Waals surface area (Å²) in [5, 5.41) is 0. The van der Waals surface area contributed by atoms with Crippen LogP contribution in [0, 0.1) is 0 Å². The van der Waals surface area contributed by atoms with E-state index >= 15 is 0 Å². The first-order valence-electron chi connectivity index (χ1n) is 5.72. The Balaban J connectivity index is 1.96. The smallest absolute Gasteiger partial charge is 0.405 e. The topological polar surface area (TPSA) is 68.5 Å². The first-order chi connectivity index (χ1) is 8.09. The number of piperidine rings is 1. The van der Waals surface area contributed by atoms with Gasteiger partial charge < -0.3 is 15.4 Å². The molecule has 5 heteroatoms. The van der Waals surface area contributed by atoms with Gasteiger partial charge in [0.05, 0.1) is 11.9 Å². The zero-order valence-electron chi connectivity index (χ0n) is 9.93. The fourth-order valence-corrected chi connectivity index (χ4v) is 2.12. The first kappa shape index (κ1) is 11.7. The van der Waals surface area contributed by atoms with Crippen molar-refractivity contribution in [3.05, 3.63) is 24.5 Å². The maximum absolute atomic E-state index is 10.8. The molecule has 0 bridgehead atoms. The lowest BCUT2D eigenvalue weighted by Gasteiger charge is -2.39. The van der Waals surface area contributed by atoms with Crippen LogP contribution in [0.4, 0.5) is 10.5 Å². The molecule has 1 aliphatic rings. The minimum Gasteiger partial charge on any atom is -0.443 e. The predicted molar refractivity (Wildman–Crippen MR) is 64.8 cm³/mol. The van der Waals surface area contributed by atoms with E-state index in [0.29, 0.717) is 0 Å². The van der Waals surface area contributed by atoms with Crippen LogP contribution in [0.3, 0.4) is 0 Å². The number of primary amides is 1. The first-order valence-corrected chi connectivity index (χ1v) is 5.72. The molecule has 0 aromatic carbocycles. The summed E-state index contributed by atoms with van der Waals surface area (Å²) in [6.07, 6.45) is 4.48. The van der Waals surface area contributed by atoms with Crippen LogP contribution in [0.2, 0.25) is 0 Å². The van der Waals surface area contributed by atoms with Crippen molar-refractivity contribution >= 4 is 11.8 Å². The van der Waals surface area contributed by atoms with Gasteiger partial charge in [-0.1, -0.05) is 0 Å². The predicted octanol–water partition coefficient (Wildman–Crippen LogP) is 1.54. The standard InChI is InChI=1S/C12H17N3O2/c1-12(17-11(13)16)4-7-15(8-5-12)10-3-2-6-14-9-10/h2-3,6,9H,4-5,7-8H2,1H3,(H2,13,16). The Morgan fingerprint density at radius 2 is 2.24 bits per heavy atom. The number of hydrogen-bond acceptors (Lipinski definition) is 4. The third-order valence-electron chi connectivity index (χ3n) is 3.18. The summed E-state index contributed by atoms with van der Waals surface area (Å²) >= 11 is 0. The van der Waals surface area contributed by atoms with E-state index in [9.17, 15) is 4.79 Å². The van der Waals surface area contributed by atoms with E-state index in [2.05, 4.69) is 9.88 Å². The van der Waals surface area contributed by atoms with Gasteiger partial charge in [-0.25, -0.2) is 4.79 Å². The van der Waals surface area contributed by atoms with Crippen LogP contribution in [0.5, 0.6) is 0 Å². The molecule has 0 saturated carbocycles. The van der Waals surface area contributed by atoms with Crippen molar-refractivity contribution in [3.63, 3.8) is 0 Å². The highest BCUT2D eigenvalue weighted by atomic mass is 16.6. The van der Waals surface area contributed by atoms with Crippen molar-refractivity contribution in [2.24, 2.45) is 5.73 Å². The molecule has 1 aromatic rings. The van der Waals surface area contributed by atoms with Crippen LogP contribution in [0.1, 0.15) is 19.8 Å². The number of ether oxygens (including phenoxy) is 1. The average Bonchev–Trinajstić information content (AvgIpc) is 2.29. The van der Waals surface area contributed by atoms with Crippen LogP contribution < -0.4 is 10.6 Å². The van der Waals surface area contributed by atoms with Crippen molar-refractivity contribution in [2.45, 2.75) is 25.4 Å². The molecular formula is C12H17N3O2. The van der Waals surface area contributed by atoms with Gasteiger partial charge in [0.25, 0.3) is 0 Å². The summed E-state index contributed by atoms with van der Waals surface area (Å²) in [6, 6.07) is 3.95. The molecule has 0 spiro atoms. The number of pyridine rings is 1. The van der Waals surface area contributed by atoms with Gasteiger partial charge in [-0.3, -0.25) is 4.98 Å². The molecule has 0 atom stereocenters. The Morgan fingerprint density at radius 1 is 1.53 bits per heavy atom. The van der Waals surface area contributed by atoms with Crippen molar-refractivity contribution in [1.82, 2.24) is 4.98 Å². The molecule has 2 heterocycles. The maximum Gasteiger partial charge on any atom is 0.405 e. The number of carbonyl (C=O) groups excluding carboxylic acids is 1. The van der Waals surface area contributed by atoms with E-state index in [0.717, 1.165) is 31.6 Å². The Hall–Kier alpha value is -1.78. The molecular weight excluding hydrogens is 218 g/mol. The third-order valence-corrected chi connectivity index (χ3v) is 3.18. The van der Waals surface area contributed by atoms with Gasteiger partial charge in [-0.2, -0.15) is 0 Å². The monoisotopic (exact) mass is 235 g/mol. The summed E-state index contributed by atoms with van der Waals surface area (Å²) < 4.78 is 5.16. The fraction of sp³-hybridized carbons (Fsp3) is 0.500. The van der Waals surface area contributed by atoms with Gasteiger partial charge in [0.2, 0.25) is 0 Å². The Labute approximate surface area is 101 Å². The van der Waals surface area contributed by atoms with E-state index in [1.54, 1.807) is 6.20 Å². The fourth-order valence-electron chi connectivity index (χ4n) is 2.12. The number of aromatic nitrogens is 1. The minimum absolute atomic E-state index is 0.426. The van der Waals surface area contributed by atoms with Gasteiger partial charge in [0.15, 0.2) is 0 Å². The number of nitrogens with two attached hydrogens (primary N) is 1. The lowest BCUT2D eigenvalue weighted by Crippen LogP contribution is -2.46. The Kier molecular flexibility index (Phi) is 3.17. The third kappa shape index (κ3) is 2.87. The number of rotatable bonds is 2. The molecule has 1 saturated heterocycles. The second kappa shape index (κ2) is 4.61. The summed E-state index contributed by atoms with van der Waals surface area (Å²) in [6.45, 7) is 3.61. The zero-order chi connectivity index (χ0) is 12.3. The average molecular weight is 235 g/mol. The molecule has 0 radical (unpaired) electrons. The van der Waals surface area contributed by atoms with Crippen molar-refractivity contribution in [3.8, 4) is 0 Å². The number of anilines is 1. The van der Waals surface area contributed by atoms with Crippen LogP contribution in [-0.2, 0) is 4.74 Å². The zero-order valence-corrected chi connectivity index (χ0v) is 9.93. The van der Waals surface area contributed by atoms with Gasteiger partial charge in [-0.15, -0.1) is 0 Å². The summed E-state index contributed by atoms with van der Waals surface area (Å²) in [7, 11) is 0. The molecule has 2 N–H and O–H groups in total. The summed E-state index contributed by atoms with van der Waals surface area (Å²) in [5.74, 6) is 0. The van der Waals surface area contributed by atoms with Crippen molar-refractivity contribution in [1.29, 1.82) is 0 Å². The largest absolute Gasteiger partial charge is 0.443 e. The summed E-state index contributed by atoms with van der Waals surface area (Å²) in [5.41, 5.74) is 5.75. The second-order valence-corrected chi connectivity index (χ2v) is 4.57. The number of amides is 1. The number of carbonyl (C=O) groups is 1. The van der Waals surface area contributed by atoms with E-state index < -0.39 is 11.7 Å². The normalized spacial score (nSPS) is 18.8. The molecule has 92 valence electrons. The molecule has 5 nitrogen and oxygen atoms in total. The van der Waals surface area contributed by atoms with Gasteiger partial charge in [0, 0.05) is 32.1 Å². The van der Waals surface area contributed by atoms with Gasteiger partial charge in [0.1, 0.15) is 5.60 Å². The quantitative estimate of drug-likeness (QED) is 0.844. The molecule has 17 heavy (non-hydrogen) atoms. The lowest BCUT2D eigenvalue weighted by atomic mass is 9.93. The Bertz CT molecular complexity index is 386. The van der Waals surface area contributed by atoms with Gasteiger partial charge >= 0.3 is 6.09 Å². The van der Waals surface area contributed by atoms with Gasteiger partial charge in [-0.05, 0) is 19.1 Å². The van der Waals surface area contributed by atoms with Crippen molar-refractivity contribution in [2.75, 3.05) is 18.0 Å².